The molecule has 2 aromatic rings. The van der Waals surface area contributed by atoms with Crippen LogP contribution >= 0.6 is 0 Å². The van der Waals surface area contributed by atoms with Gasteiger partial charge in [0.1, 0.15) is 5.69 Å². The van der Waals surface area contributed by atoms with Gasteiger partial charge in [-0.2, -0.15) is 0 Å². The Balaban J connectivity index is 1.97. The Bertz CT molecular complexity index is 1260. The highest BCUT2D eigenvalue weighted by molar-refractivity contribution is 6.74. The number of hydrogen-bond acceptors (Lipinski definition) is 8. The molecular formula is C27H35N3O7Si. The van der Waals surface area contributed by atoms with Crippen LogP contribution in [-0.2, 0) is 19.5 Å². The highest BCUT2D eigenvalue weighted by Gasteiger charge is 2.64. The minimum Gasteiger partial charge on any atom is -0.410 e. The van der Waals surface area contributed by atoms with Crippen molar-refractivity contribution in [2.75, 3.05) is 18.6 Å². The fraction of sp³-hybridized carbons (Fsp3) is 0.481. The molecule has 0 N–H and O–H groups in total. The molecule has 2 heterocycles. The van der Waals surface area contributed by atoms with Gasteiger partial charge < -0.3 is 18.8 Å². The monoisotopic (exact) mass is 541 g/mol. The summed E-state index contributed by atoms with van der Waals surface area (Å²) in [5.41, 5.74) is 0.228. The normalized spacial score (nSPS) is 24.7. The molecule has 1 unspecified atom stereocenters. The highest BCUT2D eigenvalue weighted by Crippen LogP contribution is 2.59. The summed E-state index contributed by atoms with van der Waals surface area (Å²) in [6.07, 6.45) is 0.939. The SMILES string of the molecule is C=CCO[C@]12c3ccccc3[C@H](C[C@@H]1O[Si](C)(C)C(C)(C)C)N(c1ccc([N+](=O)[O-])cc1[N+](=O)[O-])C2OC. The summed E-state index contributed by atoms with van der Waals surface area (Å²) < 4.78 is 19.8. The Hall–Kier alpha value is -3.12. The molecule has 2 aromatic carbocycles. The smallest absolute Gasteiger partial charge is 0.299 e. The highest BCUT2D eigenvalue weighted by atomic mass is 28.4. The van der Waals surface area contributed by atoms with E-state index in [4.69, 9.17) is 13.9 Å². The quantitative estimate of drug-likeness (QED) is 0.159. The summed E-state index contributed by atoms with van der Waals surface area (Å²) in [4.78, 5) is 24.2. The molecule has 0 spiro atoms. The summed E-state index contributed by atoms with van der Waals surface area (Å²) >= 11 is 0. The predicted octanol–water partition coefficient (Wildman–Crippen LogP) is 6.23. The van der Waals surface area contributed by atoms with Crippen LogP contribution in [0, 0.1) is 20.2 Å². The van der Waals surface area contributed by atoms with Gasteiger partial charge in [-0.1, -0.05) is 51.1 Å². The zero-order valence-corrected chi connectivity index (χ0v) is 23.7. The van der Waals surface area contributed by atoms with Crippen LogP contribution in [0.5, 0.6) is 0 Å². The average Bonchev–Trinajstić information content (AvgIpc) is 2.86. The van der Waals surface area contributed by atoms with Crippen LogP contribution in [-0.4, -0.2) is 44.2 Å². The van der Waals surface area contributed by atoms with Gasteiger partial charge in [0.25, 0.3) is 11.4 Å². The predicted molar refractivity (Wildman–Crippen MR) is 147 cm³/mol. The lowest BCUT2D eigenvalue weighted by molar-refractivity contribution is -0.393. The van der Waals surface area contributed by atoms with Gasteiger partial charge in [-0.05, 0) is 35.3 Å². The van der Waals surface area contributed by atoms with E-state index in [1.165, 1.54) is 12.1 Å². The summed E-state index contributed by atoms with van der Waals surface area (Å²) in [6, 6.07) is 11.2. The molecule has 0 saturated carbocycles. The van der Waals surface area contributed by atoms with Gasteiger partial charge in [-0.3, -0.25) is 20.2 Å². The van der Waals surface area contributed by atoms with Crippen LogP contribution in [0.15, 0.2) is 55.1 Å². The van der Waals surface area contributed by atoms with Crippen molar-refractivity contribution >= 4 is 25.4 Å². The van der Waals surface area contributed by atoms with Crippen molar-refractivity contribution in [3.05, 3.63) is 86.5 Å². The van der Waals surface area contributed by atoms with Crippen molar-refractivity contribution in [2.24, 2.45) is 0 Å². The Labute approximate surface area is 223 Å². The van der Waals surface area contributed by atoms with Crippen molar-refractivity contribution in [1.29, 1.82) is 0 Å². The zero-order chi connectivity index (χ0) is 28.0. The molecule has 0 aromatic heterocycles. The van der Waals surface area contributed by atoms with Crippen LogP contribution in [0.25, 0.3) is 0 Å². The Morgan fingerprint density at radius 2 is 1.84 bits per heavy atom. The van der Waals surface area contributed by atoms with E-state index in [9.17, 15) is 20.2 Å². The molecule has 3 aliphatic rings. The molecule has 11 heteroatoms. The van der Waals surface area contributed by atoms with E-state index in [2.05, 4.69) is 40.4 Å². The first-order chi connectivity index (χ1) is 17.8. The summed E-state index contributed by atoms with van der Waals surface area (Å²) in [7, 11) is -0.751. The van der Waals surface area contributed by atoms with E-state index < -0.39 is 36.1 Å². The molecule has 1 aliphatic carbocycles. The summed E-state index contributed by atoms with van der Waals surface area (Å²) in [5.74, 6) is 0. The van der Waals surface area contributed by atoms with E-state index in [-0.39, 0.29) is 34.7 Å². The van der Waals surface area contributed by atoms with Crippen LogP contribution in [0.2, 0.25) is 18.1 Å². The van der Waals surface area contributed by atoms with Crippen molar-refractivity contribution in [3.8, 4) is 0 Å². The van der Waals surface area contributed by atoms with Crippen LogP contribution in [0.4, 0.5) is 17.1 Å². The Kier molecular flexibility index (Phi) is 7.25. The molecule has 38 heavy (non-hydrogen) atoms. The first-order valence-electron chi connectivity index (χ1n) is 12.6. The third-order valence-electron chi connectivity index (χ3n) is 8.16. The second kappa shape index (κ2) is 9.88. The van der Waals surface area contributed by atoms with Gasteiger partial charge >= 0.3 is 0 Å². The minimum atomic E-state index is -2.29. The molecule has 2 bridgehead atoms. The van der Waals surface area contributed by atoms with Gasteiger partial charge in [0.2, 0.25) is 0 Å². The van der Waals surface area contributed by atoms with E-state index in [0.717, 1.165) is 17.2 Å². The molecule has 1 fully saturated rings. The number of nitro benzene ring substituents is 2. The number of anilines is 1. The molecule has 10 nitrogen and oxygen atoms in total. The fourth-order valence-corrected chi connectivity index (χ4v) is 6.76. The molecule has 2 aliphatic heterocycles. The van der Waals surface area contributed by atoms with Crippen molar-refractivity contribution in [3.63, 3.8) is 0 Å². The largest absolute Gasteiger partial charge is 0.410 e. The Morgan fingerprint density at radius 3 is 2.42 bits per heavy atom. The van der Waals surface area contributed by atoms with Crippen molar-refractivity contribution in [1.82, 2.24) is 0 Å². The van der Waals surface area contributed by atoms with E-state index in [1.807, 2.05) is 29.2 Å². The maximum Gasteiger partial charge on any atom is 0.299 e. The van der Waals surface area contributed by atoms with E-state index in [1.54, 1.807) is 13.2 Å². The third kappa shape index (κ3) is 4.33. The maximum absolute atomic E-state index is 12.2. The molecule has 204 valence electrons. The summed E-state index contributed by atoms with van der Waals surface area (Å²) in [5, 5.41) is 23.5. The van der Waals surface area contributed by atoms with Crippen molar-refractivity contribution < 1.29 is 23.7 Å². The van der Waals surface area contributed by atoms with E-state index in [0.29, 0.717) is 6.42 Å². The first-order valence-corrected chi connectivity index (χ1v) is 15.5. The van der Waals surface area contributed by atoms with Crippen LogP contribution in [0.1, 0.15) is 44.4 Å². The zero-order valence-electron chi connectivity index (χ0n) is 22.7. The van der Waals surface area contributed by atoms with Crippen molar-refractivity contribution in [2.45, 2.75) is 69.3 Å². The molecular weight excluding hydrogens is 506 g/mol. The fourth-order valence-electron chi connectivity index (χ4n) is 5.43. The number of nitro groups is 2. The number of benzene rings is 2. The second-order valence-electron chi connectivity index (χ2n) is 11.3. The molecule has 0 radical (unpaired) electrons. The van der Waals surface area contributed by atoms with Crippen LogP contribution in [0.3, 0.4) is 0 Å². The Morgan fingerprint density at radius 1 is 1.16 bits per heavy atom. The first kappa shape index (κ1) is 27.9. The molecule has 5 rings (SSSR count). The number of rotatable bonds is 9. The lowest BCUT2D eigenvalue weighted by Crippen LogP contribution is -2.70. The molecule has 1 saturated heterocycles. The third-order valence-corrected chi connectivity index (χ3v) is 12.6. The molecule has 0 amide bonds. The number of methoxy groups -OCH3 is 1. The second-order valence-corrected chi connectivity index (χ2v) is 16.0. The number of fused-ring (bicyclic) bond motifs is 2. The number of hydrogen-bond donors (Lipinski definition) is 0. The standard InChI is InChI=1S/C27H35N3O7Si/c1-8-15-36-27-20-12-10-9-11-19(20)22(17-24(27)37-38(6,7)26(2,3)4)28(25(27)35-5)21-14-13-18(29(31)32)16-23(21)30(33)34/h8-14,16,22,24-25H,1,15,17H2,2-7H3/t22-,24-,25?,27+/m0/s1. The van der Waals surface area contributed by atoms with Gasteiger partial charge in [-0.25, -0.2) is 0 Å². The lowest BCUT2D eigenvalue weighted by Gasteiger charge is -2.62. The minimum absolute atomic E-state index is 0.0672. The topological polar surface area (TPSA) is 117 Å². The lowest BCUT2D eigenvalue weighted by atomic mass is 9.68. The maximum atomic E-state index is 12.2. The van der Waals surface area contributed by atoms with E-state index >= 15 is 0 Å². The number of non-ortho nitro benzene ring substituents is 1. The number of piperidine rings is 1. The number of nitrogens with zero attached hydrogens (tertiary/aromatic N) is 3. The van der Waals surface area contributed by atoms with Gasteiger partial charge in [0, 0.05) is 19.6 Å². The van der Waals surface area contributed by atoms with Gasteiger partial charge in [0.05, 0.1) is 34.7 Å². The average molecular weight is 542 g/mol. The summed E-state index contributed by atoms with van der Waals surface area (Å²) in [6.45, 7) is 14.9. The van der Waals surface area contributed by atoms with Gasteiger partial charge in [0.15, 0.2) is 20.1 Å². The molecule has 4 atom stereocenters. The number of ether oxygens (including phenoxy) is 2. The van der Waals surface area contributed by atoms with Gasteiger partial charge in [-0.15, -0.1) is 6.58 Å². The van der Waals surface area contributed by atoms with Crippen LogP contribution < -0.4 is 4.90 Å².